The third-order valence-electron chi connectivity index (χ3n) is 1.90. The largest absolute Gasteiger partial charge is 0.481 e. The Hall–Kier alpha value is -1.07. The van der Waals surface area contributed by atoms with Gasteiger partial charge in [0.15, 0.2) is 6.10 Å². The normalized spacial score (nSPS) is 12.2. The Balaban J connectivity index is 2.83. The summed E-state index contributed by atoms with van der Waals surface area (Å²) in [5.74, 6) is -0.0167. The Morgan fingerprint density at radius 3 is 2.87 bits per heavy atom. The van der Waals surface area contributed by atoms with E-state index in [4.69, 9.17) is 15.6 Å². The average molecular weight is 274 g/mol. The molecule has 1 atom stereocenters. The van der Waals surface area contributed by atoms with E-state index in [0.29, 0.717) is 11.3 Å². The van der Waals surface area contributed by atoms with Crippen molar-refractivity contribution in [3.8, 4) is 5.75 Å². The molecule has 1 unspecified atom stereocenters. The van der Waals surface area contributed by atoms with Gasteiger partial charge in [0.25, 0.3) is 5.91 Å². The first-order chi connectivity index (χ1) is 7.04. The summed E-state index contributed by atoms with van der Waals surface area (Å²) in [7, 11) is 0. The lowest BCUT2D eigenvalue weighted by molar-refractivity contribution is -0.123. The molecule has 82 valence electrons. The van der Waals surface area contributed by atoms with E-state index in [2.05, 4.69) is 15.9 Å². The Morgan fingerprint density at radius 1 is 1.67 bits per heavy atom. The van der Waals surface area contributed by atoms with Crippen LogP contribution in [0.1, 0.15) is 12.5 Å². The van der Waals surface area contributed by atoms with Crippen LogP contribution < -0.4 is 10.5 Å². The molecule has 1 amide bonds. The van der Waals surface area contributed by atoms with E-state index in [1.165, 1.54) is 0 Å². The first-order valence-electron chi connectivity index (χ1n) is 4.40. The van der Waals surface area contributed by atoms with Crippen molar-refractivity contribution in [3.63, 3.8) is 0 Å². The Labute approximate surface area is 96.2 Å². The second-order valence-electron chi connectivity index (χ2n) is 3.07. The zero-order valence-electron chi connectivity index (χ0n) is 8.24. The number of halogens is 1. The summed E-state index contributed by atoms with van der Waals surface area (Å²) in [5.41, 5.74) is 5.76. The molecule has 1 rings (SSSR count). The number of ether oxygens (including phenoxy) is 1. The lowest BCUT2D eigenvalue weighted by Gasteiger charge is -2.12. The first-order valence-corrected chi connectivity index (χ1v) is 5.19. The molecule has 0 bridgehead atoms. The van der Waals surface area contributed by atoms with Crippen LogP contribution in [0.5, 0.6) is 5.75 Å². The highest BCUT2D eigenvalue weighted by atomic mass is 79.9. The molecule has 3 N–H and O–H groups in total. The summed E-state index contributed by atoms with van der Waals surface area (Å²) in [5, 5.41) is 9.01. The number of primary amides is 1. The molecule has 1 aromatic carbocycles. The highest BCUT2D eigenvalue weighted by Gasteiger charge is 2.10. The van der Waals surface area contributed by atoms with Gasteiger partial charge in [0.1, 0.15) is 5.75 Å². The molecular formula is C10H12BrNO3. The monoisotopic (exact) mass is 273 g/mol. The molecule has 0 radical (unpaired) electrons. The molecule has 15 heavy (non-hydrogen) atoms. The number of benzene rings is 1. The lowest BCUT2D eigenvalue weighted by atomic mass is 10.2. The second-order valence-corrected chi connectivity index (χ2v) is 3.93. The number of carbonyl (C=O) groups excluding carboxylic acids is 1. The quantitative estimate of drug-likeness (QED) is 0.866. The van der Waals surface area contributed by atoms with Gasteiger partial charge in [-0.25, -0.2) is 0 Å². The number of carbonyl (C=O) groups is 1. The first kappa shape index (κ1) is 12.0. The summed E-state index contributed by atoms with van der Waals surface area (Å²) >= 11 is 3.28. The fourth-order valence-corrected chi connectivity index (χ4v) is 1.38. The number of aliphatic hydroxyl groups is 1. The van der Waals surface area contributed by atoms with Crippen LogP contribution in [-0.4, -0.2) is 17.1 Å². The molecule has 0 aliphatic rings. The smallest absolute Gasteiger partial charge is 0.258 e. The molecule has 5 heteroatoms. The van der Waals surface area contributed by atoms with Crippen molar-refractivity contribution < 1.29 is 14.6 Å². The number of nitrogens with two attached hydrogens (primary N) is 1. The van der Waals surface area contributed by atoms with E-state index in [1.807, 2.05) is 0 Å². The molecule has 0 heterocycles. The van der Waals surface area contributed by atoms with Crippen LogP contribution in [-0.2, 0) is 11.4 Å². The summed E-state index contributed by atoms with van der Waals surface area (Å²) in [6.07, 6.45) is -0.683. The second kappa shape index (κ2) is 5.14. The number of hydrogen-bond acceptors (Lipinski definition) is 3. The van der Waals surface area contributed by atoms with Crippen molar-refractivity contribution in [1.82, 2.24) is 0 Å². The minimum atomic E-state index is -0.683. The van der Waals surface area contributed by atoms with Crippen LogP contribution in [0.25, 0.3) is 0 Å². The number of amides is 1. The summed E-state index contributed by atoms with van der Waals surface area (Å²) in [6.45, 7) is 1.48. The Bertz CT molecular complexity index is 368. The van der Waals surface area contributed by atoms with Crippen LogP contribution in [0.4, 0.5) is 0 Å². The van der Waals surface area contributed by atoms with Gasteiger partial charge in [-0.2, -0.15) is 0 Å². The lowest BCUT2D eigenvalue weighted by Crippen LogP contribution is -2.30. The maximum Gasteiger partial charge on any atom is 0.258 e. The third kappa shape index (κ3) is 3.21. The van der Waals surface area contributed by atoms with Crippen LogP contribution in [0.2, 0.25) is 0 Å². The molecule has 4 nitrogen and oxygen atoms in total. The highest BCUT2D eigenvalue weighted by Crippen LogP contribution is 2.23. The van der Waals surface area contributed by atoms with Crippen molar-refractivity contribution in [2.24, 2.45) is 5.73 Å². The average Bonchev–Trinajstić information content (AvgIpc) is 2.20. The predicted octanol–water partition coefficient (Wildman–Crippen LogP) is 1.19. The SMILES string of the molecule is CC(Oc1ccc(Br)c(CO)c1)C(N)=O. The molecular weight excluding hydrogens is 262 g/mol. The van der Waals surface area contributed by atoms with Crippen LogP contribution >= 0.6 is 15.9 Å². The third-order valence-corrected chi connectivity index (χ3v) is 2.67. The van der Waals surface area contributed by atoms with Gasteiger partial charge in [-0.15, -0.1) is 0 Å². The van der Waals surface area contributed by atoms with Crippen molar-refractivity contribution in [1.29, 1.82) is 0 Å². The summed E-state index contributed by atoms with van der Waals surface area (Å²) in [6, 6.07) is 5.10. The molecule has 0 aromatic heterocycles. The summed E-state index contributed by atoms with van der Waals surface area (Å²) < 4.78 is 6.06. The van der Waals surface area contributed by atoms with E-state index >= 15 is 0 Å². The maximum absolute atomic E-state index is 10.8. The van der Waals surface area contributed by atoms with E-state index in [1.54, 1.807) is 25.1 Å². The van der Waals surface area contributed by atoms with Gasteiger partial charge < -0.3 is 15.6 Å². The number of aliphatic hydroxyl groups excluding tert-OH is 1. The zero-order chi connectivity index (χ0) is 11.4. The Morgan fingerprint density at radius 2 is 2.33 bits per heavy atom. The van der Waals surface area contributed by atoms with Gasteiger partial charge in [-0.05, 0) is 30.7 Å². The molecule has 0 aliphatic heterocycles. The number of rotatable bonds is 4. The van der Waals surface area contributed by atoms with Gasteiger partial charge in [0, 0.05) is 4.47 Å². The van der Waals surface area contributed by atoms with Gasteiger partial charge >= 0.3 is 0 Å². The molecule has 0 spiro atoms. The van der Waals surface area contributed by atoms with E-state index in [-0.39, 0.29) is 6.61 Å². The zero-order valence-corrected chi connectivity index (χ0v) is 9.82. The van der Waals surface area contributed by atoms with E-state index in [9.17, 15) is 4.79 Å². The standard InChI is InChI=1S/C10H12BrNO3/c1-6(10(12)14)15-8-2-3-9(11)7(4-8)5-13/h2-4,6,13H,5H2,1H3,(H2,12,14). The Kier molecular flexibility index (Phi) is 4.11. The van der Waals surface area contributed by atoms with Crippen LogP contribution in [0.3, 0.4) is 0 Å². The van der Waals surface area contributed by atoms with Gasteiger partial charge in [-0.3, -0.25) is 4.79 Å². The van der Waals surface area contributed by atoms with Crippen molar-refractivity contribution in [3.05, 3.63) is 28.2 Å². The van der Waals surface area contributed by atoms with Gasteiger partial charge in [0.2, 0.25) is 0 Å². The van der Waals surface area contributed by atoms with Gasteiger partial charge in [-0.1, -0.05) is 15.9 Å². The fourth-order valence-electron chi connectivity index (χ4n) is 1.01. The molecule has 0 saturated heterocycles. The molecule has 0 aliphatic carbocycles. The molecule has 0 fully saturated rings. The van der Waals surface area contributed by atoms with Gasteiger partial charge in [0.05, 0.1) is 6.61 Å². The van der Waals surface area contributed by atoms with Crippen molar-refractivity contribution in [2.45, 2.75) is 19.6 Å². The maximum atomic E-state index is 10.8. The minimum Gasteiger partial charge on any atom is -0.481 e. The topological polar surface area (TPSA) is 72.6 Å². The molecule has 1 aromatic rings. The van der Waals surface area contributed by atoms with Crippen molar-refractivity contribution in [2.75, 3.05) is 0 Å². The fraction of sp³-hybridized carbons (Fsp3) is 0.300. The van der Waals surface area contributed by atoms with Crippen LogP contribution in [0, 0.1) is 0 Å². The van der Waals surface area contributed by atoms with E-state index < -0.39 is 12.0 Å². The number of hydrogen-bond donors (Lipinski definition) is 2. The van der Waals surface area contributed by atoms with Crippen LogP contribution in [0.15, 0.2) is 22.7 Å². The predicted molar refractivity (Wildman–Crippen MR) is 59.3 cm³/mol. The summed E-state index contributed by atoms with van der Waals surface area (Å²) in [4.78, 5) is 10.8. The minimum absolute atomic E-state index is 0.0945. The van der Waals surface area contributed by atoms with Crippen molar-refractivity contribution >= 4 is 21.8 Å². The molecule has 0 saturated carbocycles. The van der Waals surface area contributed by atoms with E-state index in [0.717, 1.165) is 4.47 Å². The highest BCUT2D eigenvalue weighted by molar-refractivity contribution is 9.10.